The molecular weight excluding hydrogens is 132 g/mol. The van der Waals surface area contributed by atoms with Gasteiger partial charge in [-0.2, -0.15) is 0 Å². The Labute approximate surface area is 56.0 Å². The van der Waals surface area contributed by atoms with Crippen LogP contribution in [-0.4, -0.2) is 10.2 Å². The van der Waals surface area contributed by atoms with Crippen LogP contribution in [0, 0.1) is 11.5 Å². The largest absolute Gasteiger partial charge is 0.138 e. The van der Waals surface area contributed by atoms with Crippen molar-refractivity contribution in [3.8, 4) is 11.5 Å². The van der Waals surface area contributed by atoms with E-state index in [2.05, 4.69) is 11.5 Å². The lowest BCUT2D eigenvalue weighted by Crippen LogP contribution is -1.57. The van der Waals surface area contributed by atoms with Crippen LogP contribution in [0.4, 0.5) is 0 Å². The van der Waals surface area contributed by atoms with Crippen molar-refractivity contribution in [2.75, 3.05) is 0 Å². The Morgan fingerprint density at radius 2 is 2.50 bits per heavy atom. The topological polar surface area (TPSA) is 0 Å². The standard InChI is InChI=1S/C6H6SSi/c8-5-3-6-2-1-4-7-6/h1-2,4H,8H3. The molecule has 0 amide bonds. The lowest BCUT2D eigenvalue weighted by atomic mass is 10.5. The van der Waals surface area contributed by atoms with Crippen LogP contribution in [-0.2, 0) is 0 Å². The molecule has 0 N–H and O–H groups in total. The van der Waals surface area contributed by atoms with E-state index in [1.807, 2.05) is 17.5 Å². The second-order valence-electron chi connectivity index (χ2n) is 1.35. The summed E-state index contributed by atoms with van der Waals surface area (Å²) in [5.74, 6) is 3.02. The Hall–Kier alpha value is -0.523. The molecule has 0 aliphatic carbocycles. The second-order valence-corrected chi connectivity index (χ2v) is 2.80. The summed E-state index contributed by atoms with van der Waals surface area (Å²) in [4.78, 5) is 1.18. The van der Waals surface area contributed by atoms with E-state index in [4.69, 9.17) is 0 Å². The summed E-state index contributed by atoms with van der Waals surface area (Å²) in [5, 5.41) is 2.04. The molecule has 0 aromatic carbocycles. The van der Waals surface area contributed by atoms with Crippen LogP contribution >= 0.6 is 11.3 Å². The first-order valence-corrected chi connectivity index (χ1v) is 4.27. The number of hydrogen-bond acceptors (Lipinski definition) is 1. The molecular formula is C6H6SSi. The van der Waals surface area contributed by atoms with E-state index in [1.54, 1.807) is 11.3 Å². The SMILES string of the molecule is [SiH3]C#Cc1cccs1. The van der Waals surface area contributed by atoms with Crippen LogP contribution in [0.5, 0.6) is 0 Å². The molecule has 0 fully saturated rings. The third kappa shape index (κ3) is 1.22. The molecule has 0 aliphatic rings. The van der Waals surface area contributed by atoms with Crippen molar-refractivity contribution in [1.29, 1.82) is 0 Å². The fraction of sp³-hybridized carbons (Fsp3) is 0. The predicted molar refractivity (Wildman–Crippen MR) is 41.1 cm³/mol. The van der Waals surface area contributed by atoms with Crippen LogP contribution in [0.25, 0.3) is 0 Å². The van der Waals surface area contributed by atoms with Gasteiger partial charge < -0.3 is 0 Å². The van der Waals surface area contributed by atoms with E-state index >= 15 is 0 Å². The quantitative estimate of drug-likeness (QED) is 0.360. The summed E-state index contributed by atoms with van der Waals surface area (Å²) in [6.45, 7) is 0. The van der Waals surface area contributed by atoms with Crippen LogP contribution in [0.15, 0.2) is 17.5 Å². The summed E-state index contributed by atoms with van der Waals surface area (Å²) >= 11 is 1.70. The lowest BCUT2D eigenvalue weighted by molar-refractivity contribution is 1.94. The van der Waals surface area contributed by atoms with Crippen molar-refractivity contribution in [3.63, 3.8) is 0 Å². The number of hydrogen-bond donors (Lipinski definition) is 0. The van der Waals surface area contributed by atoms with Gasteiger partial charge in [0.25, 0.3) is 0 Å². The van der Waals surface area contributed by atoms with Crippen molar-refractivity contribution >= 4 is 21.6 Å². The van der Waals surface area contributed by atoms with Crippen LogP contribution in [0.2, 0.25) is 0 Å². The normalized spacial score (nSPS) is 8.00. The van der Waals surface area contributed by atoms with Gasteiger partial charge in [-0.15, -0.1) is 16.9 Å². The van der Waals surface area contributed by atoms with Crippen molar-refractivity contribution in [2.45, 2.75) is 0 Å². The molecule has 8 heavy (non-hydrogen) atoms. The molecule has 1 rings (SSSR count). The van der Waals surface area contributed by atoms with Crippen LogP contribution in [0.1, 0.15) is 4.88 Å². The molecule has 0 unspecified atom stereocenters. The average Bonchev–Trinajstić information content (AvgIpc) is 2.19. The van der Waals surface area contributed by atoms with Crippen molar-refractivity contribution in [3.05, 3.63) is 22.4 Å². The highest BCUT2D eigenvalue weighted by atomic mass is 32.1. The second kappa shape index (κ2) is 2.70. The van der Waals surface area contributed by atoms with Gasteiger partial charge in [-0.05, 0) is 11.4 Å². The van der Waals surface area contributed by atoms with E-state index in [9.17, 15) is 0 Å². The lowest BCUT2D eigenvalue weighted by Gasteiger charge is -1.69. The molecule has 1 heterocycles. The Bertz CT molecular complexity index is 202. The third-order valence-electron chi connectivity index (χ3n) is 0.769. The zero-order chi connectivity index (χ0) is 5.82. The maximum Gasteiger partial charge on any atom is 0.0911 e. The van der Waals surface area contributed by atoms with E-state index in [1.165, 1.54) is 4.88 Å². The molecule has 1 aromatic rings. The first kappa shape index (κ1) is 5.61. The van der Waals surface area contributed by atoms with E-state index < -0.39 is 0 Å². The number of thiophene rings is 1. The molecule has 0 aliphatic heterocycles. The van der Waals surface area contributed by atoms with E-state index in [0.29, 0.717) is 0 Å². The molecule has 0 spiro atoms. The molecule has 1 aromatic heterocycles. The van der Waals surface area contributed by atoms with Gasteiger partial charge in [-0.1, -0.05) is 12.0 Å². The molecule has 0 radical (unpaired) electrons. The van der Waals surface area contributed by atoms with Crippen molar-refractivity contribution < 1.29 is 0 Å². The van der Waals surface area contributed by atoms with Crippen molar-refractivity contribution in [2.24, 2.45) is 0 Å². The van der Waals surface area contributed by atoms with Crippen LogP contribution < -0.4 is 0 Å². The molecule has 0 nitrogen and oxygen atoms in total. The average molecular weight is 138 g/mol. The van der Waals surface area contributed by atoms with Crippen molar-refractivity contribution in [1.82, 2.24) is 0 Å². The maximum absolute atomic E-state index is 3.02. The highest BCUT2D eigenvalue weighted by Gasteiger charge is 1.80. The summed E-state index contributed by atoms with van der Waals surface area (Å²) < 4.78 is 0. The summed E-state index contributed by atoms with van der Waals surface area (Å²) in [5.41, 5.74) is 2.97. The first-order chi connectivity index (χ1) is 3.93. The van der Waals surface area contributed by atoms with Gasteiger partial charge in [0.2, 0.25) is 0 Å². The molecule has 2 heteroatoms. The Balaban J connectivity index is 2.88. The van der Waals surface area contributed by atoms with Crippen LogP contribution in [0.3, 0.4) is 0 Å². The molecule has 0 bridgehead atoms. The summed E-state index contributed by atoms with van der Waals surface area (Å²) in [6.07, 6.45) is 0. The third-order valence-corrected chi connectivity index (χ3v) is 1.80. The van der Waals surface area contributed by atoms with Gasteiger partial charge in [-0.25, -0.2) is 0 Å². The fourth-order valence-electron chi connectivity index (χ4n) is 0.473. The zero-order valence-corrected chi connectivity index (χ0v) is 7.46. The molecule has 0 atom stereocenters. The van der Waals surface area contributed by atoms with Gasteiger partial charge in [0.15, 0.2) is 0 Å². The van der Waals surface area contributed by atoms with Gasteiger partial charge in [0.1, 0.15) is 0 Å². The Morgan fingerprint density at radius 3 is 3.00 bits per heavy atom. The number of rotatable bonds is 0. The highest BCUT2D eigenvalue weighted by Crippen LogP contribution is 2.04. The zero-order valence-electron chi connectivity index (χ0n) is 4.64. The highest BCUT2D eigenvalue weighted by molar-refractivity contribution is 7.10. The van der Waals surface area contributed by atoms with Gasteiger partial charge >= 0.3 is 0 Å². The fourth-order valence-corrected chi connectivity index (χ4v) is 1.55. The molecule has 40 valence electrons. The molecule has 0 saturated heterocycles. The van der Waals surface area contributed by atoms with Gasteiger partial charge in [-0.3, -0.25) is 0 Å². The first-order valence-electron chi connectivity index (χ1n) is 2.40. The summed E-state index contributed by atoms with van der Waals surface area (Å²) in [7, 11) is 0.981. The monoisotopic (exact) mass is 138 g/mol. The smallest absolute Gasteiger partial charge is 0.0911 e. The maximum atomic E-state index is 3.02. The summed E-state index contributed by atoms with van der Waals surface area (Å²) in [6, 6.07) is 4.06. The van der Waals surface area contributed by atoms with Gasteiger partial charge in [0.05, 0.1) is 15.1 Å². The predicted octanol–water partition coefficient (Wildman–Crippen LogP) is 0.422. The minimum absolute atomic E-state index is 0.981. The van der Waals surface area contributed by atoms with E-state index in [-0.39, 0.29) is 0 Å². The van der Waals surface area contributed by atoms with E-state index in [0.717, 1.165) is 10.2 Å². The Kier molecular flexibility index (Phi) is 1.90. The minimum Gasteiger partial charge on any atom is -0.138 e. The van der Waals surface area contributed by atoms with Gasteiger partial charge in [0, 0.05) is 0 Å². The Morgan fingerprint density at radius 1 is 1.62 bits per heavy atom. The minimum atomic E-state index is 0.981. The molecule has 0 saturated carbocycles.